The smallest absolute Gasteiger partial charge is 0.130 e. The van der Waals surface area contributed by atoms with Gasteiger partial charge in [0, 0.05) is 18.9 Å². The molecular weight excluding hydrogens is 234 g/mol. The van der Waals surface area contributed by atoms with Crippen LogP contribution in [-0.4, -0.2) is 16.1 Å². The Balaban J connectivity index is 2.39. The van der Waals surface area contributed by atoms with Crippen LogP contribution in [0.5, 0.6) is 0 Å². The predicted octanol–water partition coefficient (Wildman–Crippen LogP) is 3.30. The lowest BCUT2D eigenvalue weighted by atomic mass is 10.0. The van der Waals surface area contributed by atoms with E-state index >= 15 is 0 Å². The molecule has 1 atom stereocenters. The Labute approximate surface area is 115 Å². The van der Waals surface area contributed by atoms with Gasteiger partial charge >= 0.3 is 0 Å². The third kappa shape index (κ3) is 3.04. The first-order valence-electron chi connectivity index (χ1n) is 7.07. The van der Waals surface area contributed by atoms with E-state index in [1.54, 1.807) is 0 Å². The Hall–Kier alpha value is -1.61. The molecule has 0 bridgehead atoms. The lowest BCUT2D eigenvalue weighted by molar-refractivity contribution is 0.540. The monoisotopic (exact) mass is 257 g/mol. The van der Waals surface area contributed by atoms with Gasteiger partial charge in [0.15, 0.2) is 0 Å². The summed E-state index contributed by atoms with van der Waals surface area (Å²) in [6.45, 7) is 8.45. The summed E-state index contributed by atoms with van der Waals surface area (Å²) in [6, 6.07) is 8.72. The van der Waals surface area contributed by atoms with Crippen molar-refractivity contribution in [2.75, 3.05) is 6.54 Å². The number of hydrogen-bond donors (Lipinski definition) is 1. The van der Waals surface area contributed by atoms with E-state index in [4.69, 9.17) is 0 Å². The fraction of sp³-hybridized carbons (Fsp3) is 0.438. The minimum Gasteiger partial charge on any atom is -0.334 e. The van der Waals surface area contributed by atoms with Crippen molar-refractivity contribution in [2.24, 2.45) is 0 Å². The van der Waals surface area contributed by atoms with Crippen molar-refractivity contribution in [2.45, 2.75) is 39.8 Å². The average molecular weight is 257 g/mol. The van der Waals surface area contributed by atoms with Gasteiger partial charge in [0.05, 0.1) is 6.04 Å². The summed E-state index contributed by atoms with van der Waals surface area (Å²) in [5, 5.41) is 3.62. The van der Waals surface area contributed by atoms with Crippen LogP contribution in [0.1, 0.15) is 43.3 Å². The van der Waals surface area contributed by atoms with E-state index in [2.05, 4.69) is 59.9 Å². The van der Waals surface area contributed by atoms with Gasteiger partial charge in [-0.05, 0) is 37.9 Å². The van der Waals surface area contributed by atoms with Crippen LogP contribution < -0.4 is 5.32 Å². The van der Waals surface area contributed by atoms with Crippen LogP contribution in [0.3, 0.4) is 0 Å². The van der Waals surface area contributed by atoms with Crippen molar-refractivity contribution < 1.29 is 0 Å². The van der Waals surface area contributed by atoms with E-state index < -0.39 is 0 Å². The van der Waals surface area contributed by atoms with Gasteiger partial charge in [-0.25, -0.2) is 4.98 Å². The molecule has 3 nitrogen and oxygen atoms in total. The summed E-state index contributed by atoms with van der Waals surface area (Å²) >= 11 is 0. The number of nitrogens with one attached hydrogen (secondary N) is 1. The molecule has 19 heavy (non-hydrogen) atoms. The highest BCUT2D eigenvalue weighted by Gasteiger charge is 2.19. The molecule has 0 saturated heterocycles. The van der Waals surface area contributed by atoms with Gasteiger partial charge in [0.1, 0.15) is 5.82 Å². The maximum absolute atomic E-state index is 4.56. The normalized spacial score (nSPS) is 12.6. The molecule has 2 rings (SSSR count). The molecule has 0 aliphatic rings. The predicted molar refractivity (Wildman–Crippen MR) is 79.2 cm³/mol. The van der Waals surface area contributed by atoms with Gasteiger partial charge < -0.3 is 9.88 Å². The van der Waals surface area contributed by atoms with E-state index in [0.29, 0.717) is 0 Å². The van der Waals surface area contributed by atoms with Crippen molar-refractivity contribution in [3.8, 4) is 0 Å². The van der Waals surface area contributed by atoms with Crippen molar-refractivity contribution in [1.82, 2.24) is 14.9 Å². The van der Waals surface area contributed by atoms with Gasteiger partial charge in [-0.1, -0.05) is 31.2 Å². The zero-order chi connectivity index (χ0) is 13.7. The molecule has 3 heteroatoms. The van der Waals surface area contributed by atoms with Crippen molar-refractivity contribution in [3.05, 3.63) is 53.6 Å². The Kier molecular flexibility index (Phi) is 4.74. The number of rotatable bonds is 6. The van der Waals surface area contributed by atoms with Gasteiger partial charge in [-0.2, -0.15) is 0 Å². The SMILES string of the molecule is CCCNC(c1ccccc1C)c1nccn1CC. The molecule has 1 aromatic heterocycles. The van der Waals surface area contributed by atoms with Crippen LogP contribution in [0, 0.1) is 6.92 Å². The fourth-order valence-corrected chi connectivity index (χ4v) is 2.39. The third-order valence-electron chi connectivity index (χ3n) is 3.44. The van der Waals surface area contributed by atoms with Gasteiger partial charge in [-0.15, -0.1) is 0 Å². The van der Waals surface area contributed by atoms with Crippen LogP contribution >= 0.6 is 0 Å². The average Bonchev–Trinajstić information content (AvgIpc) is 2.89. The highest BCUT2D eigenvalue weighted by atomic mass is 15.1. The van der Waals surface area contributed by atoms with E-state index in [1.807, 2.05) is 12.4 Å². The number of aromatic nitrogens is 2. The number of aryl methyl sites for hydroxylation is 2. The number of nitrogens with zero attached hydrogens (tertiary/aromatic N) is 2. The van der Waals surface area contributed by atoms with E-state index in [0.717, 1.165) is 25.3 Å². The van der Waals surface area contributed by atoms with Gasteiger partial charge in [0.25, 0.3) is 0 Å². The summed E-state index contributed by atoms with van der Waals surface area (Å²) in [5.41, 5.74) is 2.62. The first-order valence-corrected chi connectivity index (χ1v) is 7.07. The molecule has 1 heterocycles. The fourth-order valence-electron chi connectivity index (χ4n) is 2.39. The molecule has 0 amide bonds. The molecule has 0 spiro atoms. The Morgan fingerprint density at radius 1 is 1.26 bits per heavy atom. The van der Waals surface area contributed by atoms with Gasteiger partial charge in [-0.3, -0.25) is 0 Å². The summed E-state index contributed by atoms with van der Waals surface area (Å²) in [4.78, 5) is 4.56. The zero-order valence-electron chi connectivity index (χ0n) is 12.1. The van der Waals surface area contributed by atoms with Gasteiger partial charge in [0.2, 0.25) is 0 Å². The lowest BCUT2D eigenvalue weighted by Gasteiger charge is -2.21. The second-order valence-electron chi connectivity index (χ2n) is 4.82. The highest BCUT2D eigenvalue weighted by molar-refractivity contribution is 5.32. The molecule has 0 aliphatic heterocycles. The minimum absolute atomic E-state index is 0.177. The number of hydrogen-bond acceptors (Lipinski definition) is 2. The maximum Gasteiger partial charge on any atom is 0.130 e. The molecule has 1 aromatic carbocycles. The first kappa shape index (κ1) is 13.8. The maximum atomic E-state index is 4.56. The summed E-state index contributed by atoms with van der Waals surface area (Å²) < 4.78 is 2.21. The summed E-state index contributed by atoms with van der Waals surface area (Å²) in [6.07, 6.45) is 5.06. The Morgan fingerprint density at radius 3 is 2.74 bits per heavy atom. The standard InChI is InChI=1S/C16H23N3/c1-4-10-17-15(14-9-7-6-8-13(14)3)16-18-11-12-19(16)5-2/h6-9,11-12,15,17H,4-5,10H2,1-3H3. The summed E-state index contributed by atoms with van der Waals surface area (Å²) in [7, 11) is 0. The van der Waals surface area contributed by atoms with Crippen LogP contribution in [0.25, 0.3) is 0 Å². The highest BCUT2D eigenvalue weighted by Crippen LogP contribution is 2.23. The van der Waals surface area contributed by atoms with Crippen LogP contribution in [0.4, 0.5) is 0 Å². The van der Waals surface area contributed by atoms with Crippen molar-refractivity contribution in [3.63, 3.8) is 0 Å². The topological polar surface area (TPSA) is 29.9 Å². The first-order chi connectivity index (χ1) is 9.27. The molecule has 2 aromatic rings. The Morgan fingerprint density at radius 2 is 2.05 bits per heavy atom. The zero-order valence-corrected chi connectivity index (χ0v) is 12.1. The second kappa shape index (κ2) is 6.53. The quantitative estimate of drug-likeness (QED) is 0.860. The van der Waals surface area contributed by atoms with Crippen LogP contribution in [0.15, 0.2) is 36.7 Å². The molecular formula is C16H23N3. The number of benzene rings is 1. The molecule has 1 unspecified atom stereocenters. The molecule has 102 valence electrons. The van der Waals surface area contributed by atoms with E-state index in [-0.39, 0.29) is 6.04 Å². The second-order valence-corrected chi connectivity index (χ2v) is 4.82. The van der Waals surface area contributed by atoms with E-state index in [9.17, 15) is 0 Å². The molecule has 0 saturated carbocycles. The molecule has 1 N–H and O–H groups in total. The molecule has 0 fully saturated rings. The van der Waals surface area contributed by atoms with E-state index in [1.165, 1.54) is 11.1 Å². The van der Waals surface area contributed by atoms with Crippen LogP contribution in [0.2, 0.25) is 0 Å². The summed E-state index contributed by atoms with van der Waals surface area (Å²) in [5.74, 6) is 1.10. The Bertz CT molecular complexity index is 516. The lowest BCUT2D eigenvalue weighted by Crippen LogP contribution is -2.26. The van der Waals surface area contributed by atoms with Crippen LogP contribution in [-0.2, 0) is 6.54 Å². The number of imidazole rings is 1. The largest absolute Gasteiger partial charge is 0.334 e. The van der Waals surface area contributed by atoms with Crippen molar-refractivity contribution >= 4 is 0 Å². The molecule has 0 aliphatic carbocycles. The minimum atomic E-state index is 0.177. The third-order valence-corrected chi connectivity index (χ3v) is 3.44. The molecule has 0 radical (unpaired) electrons. The van der Waals surface area contributed by atoms with Crippen molar-refractivity contribution in [1.29, 1.82) is 0 Å².